The van der Waals surface area contributed by atoms with Crippen molar-refractivity contribution < 1.29 is 23.8 Å². The molecule has 0 heterocycles. The van der Waals surface area contributed by atoms with E-state index >= 15 is 0 Å². The molecular formula is C27H26N2O5. The Kier molecular flexibility index (Phi) is 8.57. The van der Waals surface area contributed by atoms with Gasteiger partial charge >= 0.3 is 5.97 Å². The molecule has 3 aromatic rings. The molecule has 0 aromatic heterocycles. The van der Waals surface area contributed by atoms with Crippen LogP contribution in [0.3, 0.4) is 0 Å². The fourth-order valence-corrected chi connectivity index (χ4v) is 2.82. The zero-order chi connectivity index (χ0) is 24.3. The first-order valence-electron chi connectivity index (χ1n) is 10.6. The molecule has 0 fully saturated rings. The lowest BCUT2D eigenvalue weighted by Crippen LogP contribution is -2.24. The van der Waals surface area contributed by atoms with Gasteiger partial charge in [-0.1, -0.05) is 18.2 Å². The van der Waals surface area contributed by atoms with Crippen molar-refractivity contribution in [1.82, 2.24) is 5.43 Å². The standard InChI is InChI=1S/C27H26N2O5/c1-19-4-10-25(16-20(19)2)33-18-26(30)29-28-17-22-7-13-24(14-8-22)34-27(31)15-9-21-5-11-23(32-3)12-6-21/h4-17H,18H2,1-3H3,(H,29,30). The quantitative estimate of drug-likeness (QED) is 0.168. The molecule has 0 saturated carbocycles. The summed E-state index contributed by atoms with van der Waals surface area (Å²) < 4.78 is 15.9. The number of aryl methyl sites for hydroxylation is 2. The average molecular weight is 459 g/mol. The molecule has 7 heteroatoms. The van der Waals surface area contributed by atoms with Crippen LogP contribution in [0.4, 0.5) is 0 Å². The highest BCUT2D eigenvalue weighted by atomic mass is 16.5. The average Bonchev–Trinajstić information content (AvgIpc) is 2.85. The molecule has 1 N–H and O–H groups in total. The number of methoxy groups -OCH3 is 1. The predicted octanol–water partition coefficient (Wildman–Crippen LogP) is 4.46. The molecule has 0 bridgehead atoms. The Morgan fingerprint density at radius 2 is 1.50 bits per heavy atom. The zero-order valence-corrected chi connectivity index (χ0v) is 19.3. The van der Waals surface area contributed by atoms with Crippen molar-refractivity contribution in [2.24, 2.45) is 5.10 Å². The van der Waals surface area contributed by atoms with E-state index in [4.69, 9.17) is 14.2 Å². The summed E-state index contributed by atoms with van der Waals surface area (Å²) in [5.74, 6) is 0.907. The van der Waals surface area contributed by atoms with Crippen LogP contribution in [0.1, 0.15) is 22.3 Å². The minimum absolute atomic E-state index is 0.140. The maximum absolute atomic E-state index is 12.0. The number of hydrogen-bond donors (Lipinski definition) is 1. The van der Waals surface area contributed by atoms with E-state index in [2.05, 4.69) is 10.5 Å². The van der Waals surface area contributed by atoms with Gasteiger partial charge in [0, 0.05) is 6.08 Å². The van der Waals surface area contributed by atoms with Gasteiger partial charge in [0.2, 0.25) is 0 Å². The third kappa shape index (κ3) is 7.63. The van der Waals surface area contributed by atoms with Crippen molar-refractivity contribution >= 4 is 24.2 Å². The normalized spacial score (nSPS) is 10.9. The summed E-state index contributed by atoms with van der Waals surface area (Å²) >= 11 is 0. The molecular weight excluding hydrogens is 432 g/mol. The number of nitrogens with zero attached hydrogens (tertiary/aromatic N) is 1. The van der Waals surface area contributed by atoms with E-state index in [1.165, 1.54) is 12.3 Å². The molecule has 0 atom stereocenters. The number of hydrogen-bond acceptors (Lipinski definition) is 6. The van der Waals surface area contributed by atoms with Crippen LogP contribution in [0.15, 0.2) is 77.9 Å². The molecule has 0 saturated heterocycles. The van der Waals surface area contributed by atoms with E-state index in [1.807, 2.05) is 56.3 Å². The summed E-state index contributed by atoms with van der Waals surface area (Å²) in [5.41, 5.74) is 6.25. The molecule has 0 aliphatic carbocycles. The number of benzene rings is 3. The summed E-state index contributed by atoms with van der Waals surface area (Å²) in [7, 11) is 1.60. The molecule has 174 valence electrons. The second-order valence-corrected chi connectivity index (χ2v) is 7.42. The highest BCUT2D eigenvalue weighted by molar-refractivity contribution is 5.89. The van der Waals surface area contributed by atoms with Crippen LogP contribution in [-0.2, 0) is 9.59 Å². The molecule has 7 nitrogen and oxygen atoms in total. The van der Waals surface area contributed by atoms with Crippen molar-refractivity contribution in [2.45, 2.75) is 13.8 Å². The summed E-state index contributed by atoms with van der Waals surface area (Å²) in [6, 6.07) is 19.7. The smallest absolute Gasteiger partial charge is 0.336 e. The number of rotatable bonds is 9. The molecule has 3 rings (SSSR count). The Morgan fingerprint density at radius 1 is 0.853 bits per heavy atom. The Hall–Kier alpha value is -4.39. The third-order valence-corrected chi connectivity index (χ3v) is 4.88. The lowest BCUT2D eigenvalue weighted by molar-refractivity contribution is -0.129. The third-order valence-electron chi connectivity index (χ3n) is 4.88. The van der Waals surface area contributed by atoms with Gasteiger partial charge in [0.05, 0.1) is 13.3 Å². The minimum atomic E-state index is -0.492. The lowest BCUT2D eigenvalue weighted by atomic mass is 10.1. The second kappa shape index (κ2) is 12.0. The Balaban J connectivity index is 1.43. The van der Waals surface area contributed by atoms with Crippen molar-refractivity contribution in [3.63, 3.8) is 0 Å². The fraction of sp³-hybridized carbons (Fsp3) is 0.148. The van der Waals surface area contributed by atoms with Crippen molar-refractivity contribution in [3.05, 3.63) is 95.1 Å². The van der Waals surface area contributed by atoms with E-state index in [0.717, 1.165) is 28.0 Å². The number of hydrazone groups is 1. The number of amides is 1. The van der Waals surface area contributed by atoms with Gasteiger partial charge < -0.3 is 14.2 Å². The number of esters is 1. The Labute approximate surface area is 198 Å². The van der Waals surface area contributed by atoms with E-state index < -0.39 is 5.97 Å². The fourth-order valence-electron chi connectivity index (χ4n) is 2.82. The maximum Gasteiger partial charge on any atom is 0.336 e. The topological polar surface area (TPSA) is 86.2 Å². The zero-order valence-electron chi connectivity index (χ0n) is 19.3. The van der Waals surface area contributed by atoms with E-state index in [1.54, 1.807) is 37.5 Å². The van der Waals surface area contributed by atoms with Gasteiger partial charge in [-0.2, -0.15) is 5.10 Å². The highest BCUT2D eigenvalue weighted by Crippen LogP contribution is 2.16. The van der Waals surface area contributed by atoms with Crippen molar-refractivity contribution in [1.29, 1.82) is 0 Å². The summed E-state index contributed by atoms with van der Waals surface area (Å²) in [4.78, 5) is 23.9. The monoisotopic (exact) mass is 458 g/mol. The minimum Gasteiger partial charge on any atom is -0.497 e. The maximum atomic E-state index is 12.0. The van der Waals surface area contributed by atoms with Crippen LogP contribution in [0.5, 0.6) is 17.2 Å². The number of ether oxygens (including phenoxy) is 3. The van der Waals surface area contributed by atoms with Gasteiger partial charge in [0.15, 0.2) is 6.61 Å². The van der Waals surface area contributed by atoms with E-state index in [0.29, 0.717) is 11.5 Å². The van der Waals surface area contributed by atoms with E-state index in [-0.39, 0.29) is 12.5 Å². The lowest BCUT2D eigenvalue weighted by Gasteiger charge is -2.07. The number of carbonyl (C=O) groups is 2. The summed E-state index contributed by atoms with van der Waals surface area (Å²) in [5, 5.41) is 3.92. The summed E-state index contributed by atoms with van der Waals surface area (Å²) in [6.45, 7) is 3.86. The van der Waals surface area contributed by atoms with Crippen molar-refractivity contribution in [3.8, 4) is 17.2 Å². The molecule has 1 amide bonds. The van der Waals surface area contributed by atoms with Gasteiger partial charge in [-0.15, -0.1) is 0 Å². The van der Waals surface area contributed by atoms with Crippen LogP contribution in [0.25, 0.3) is 6.08 Å². The molecule has 3 aromatic carbocycles. The Bertz CT molecular complexity index is 1180. The molecule has 0 spiro atoms. The van der Waals surface area contributed by atoms with Crippen LogP contribution in [0.2, 0.25) is 0 Å². The number of carbonyl (C=O) groups excluding carboxylic acids is 2. The van der Waals surface area contributed by atoms with Crippen molar-refractivity contribution in [2.75, 3.05) is 13.7 Å². The van der Waals surface area contributed by atoms with Gasteiger partial charge in [0.1, 0.15) is 17.2 Å². The van der Waals surface area contributed by atoms with Gasteiger partial charge in [-0.3, -0.25) is 4.79 Å². The van der Waals surface area contributed by atoms with E-state index in [9.17, 15) is 9.59 Å². The van der Waals surface area contributed by atoms with Crippen LogP contribution < -0.4 is 19.6 Å². The van der Waals surface area contributed by atoms with Gasteiger partial charge in [-0.25, -0.2) is 10.2 Å². The summed E-state index contributed by atoms with van der Waals surface area (Å²) in [6.07, 6.45) is 4.50. The molecule has 34 heavy (non-hydrogen) atoms. The van der Waals surface area contributed by atoms with Crippen LogP contribution >= 0.6 is 0 Å². The van der Waals surface area contributed by atoms with Crippen LogP contribution in [0, 0.1) is 13.8 Å². The molecule has 0 unspecified atom stereocenters. The predicted molar refractivity (Wildman–Crippen MR) is 131 cm³/mol. The second-order valence-electron chi connectivity index (χ2n) is 7.42. The van der Waals surface area contributed by atoms with Gasteiger partial charge in [0.25, 0.3) is 5.91 Å². The first-order valence-corrected chi connectivity index (χ1v) is 10.6. The first-order chi connectivity index (χ1) is 16.4. The largest absolute Gasteiger partial charge is 0.497 e. The van der Waals surface area contributed by atoms with Gasteiger partial charge in [-0.05, 0) is 90.7 Å². The van der Waals surface area contributed by atoms with Crippen LogP contribution in [-0.4, -0.2) is 31.8 Å². The molecule has 0 aliphatic heterocycles. The molecule has 0 radical (unpaired) electrons. The highest BCUT2D eigenvalue weighted by Gasteiger charge is 2.03. The Morgan fingerprint density at radius 3 is 2.18 bits per heavy atom. The number of nitrogens with one attached hydrogen (secondary N) is 1. The SMILES string of the molecule is COc1ccc(C=CC(=O)Oc2ccc(C=NNC(=O)COc3ccc(C)c(C)c3)cc2)cc1. The molecule has 0 aliphatic rings. The first kappa shape index (κ1) is 24.3.